The van der Waals surface area contributed by atoms with Crippen LogP contribution in [0.4, 0.5) is 18.9 Å². The summed E-state index contributed by atoms with van der Waals surface area (Å²) < 4.78 is 44.5. The van der Waals surface area contributed by atoms with Crippen LogP contribution in [0.3, 0.4) is 0 Å². The van der Waals surface area contributed by atoms with E-state index in [2.05, 4.69) is 10.3 Å². The average molecular weight is 542 g/mol. The molecular weight excluding hydrogens is 523 g/mol. The van der Waals surface area contributed by atoms with Gasteiger partial charge in [-0.05, 0) is 35.9 Å². The monoisotopic (exact) mass is 541 g/mol. The van der Waals surface area contributed by atoms with E-state index in [4.69, 9.17) is 21.7 Å². The molecule has 1 heterocycles. The van der Waals surface area contributed by atoms with Crippen LogP contribution in [0.2, 0.25) is 5.02 Å². The molecule has 188 valence electrons. The number of hydrogen-bond donors (Lipinski definition) is 2. The van der Waals surface area contributed by atoms with Crippen LogP contribution in [0.5, 0.6) is 0 Å². The van der Waals surface area contributed by atoms with Crippen LogP contribution in [0, 0.1) is 5.41 Å². The van der Waals surface area contributed by atoms with E-state index >= 15 is 0 Å². The summed E-state index contributed by atoms with van der Waals surface area (Å²) in [4.78, 5) is 17.0. The Labute approximate surface area is 219 Å². The first-order chi connectivity index (χ1) is 17.7. The minimum atomic E-state index is -4.83. The average Bonchev–Trinajstić information content (AvgIpc) is 3.37. The first-order valence-corrected chi connectivity index (χ1v) is 12.1. The van der Waals surface area contributed by atoms with Gasteiger partial charge in [0.15, 0.2) is 0 Å². The van der Waals surface area contributed by atoms with Crippen molar-refractivity contribution in [2.24, 2.45) is 0 Å². The molecule has 4 aromatic rings. The lowest BCUT2D eigenvalue weighted by Crippen LogP contribution is -2.20. The van der Waals surface area contributed by atoms with Crippen molar-refractivity contribution in [1.82, 2.24) is 4.98 Å². The van der Waals surface area contributed by atoms with Crippen molar-refractivity contribution in [3.05, 3.63) is 112 Å². The maximum absolute atomic E-state index is 13.0. The fourth-order valence-electron chi connectivity index (χ4n) is 3.22. The van der Waals surface area contributed by atoms with Gasteiger partial charge in [0, 0.05) is 16.6 Å². The van der Waals surface area contributed by atoms with E-state index in [0.29, 0.717) is 28.0 Å². The highest BCUT2D eigenvalue weighted by atomic mass is 35.5. The number of alkyl halides is 3. The predicted octanol–water partition coefficient (Wildman–Crippen LogP) is 7.86. The number of nitrogens with zero attached hydrogens (tertiary/aromatic N) is 1. The number of hydrogen-bond acceptors (Lipinski definition) is 6. The van der Waals surface area contributed by atoms with Gasteiger partial charge in [0.1, 0.15) is 17.3 Å². The zero-order chi connectivity index (χ0) is 26.4. The van der Waals surface area contributed by atoms with Crippen LogP contribution in [0.1, 0.15) is 21.6 Å². The molecule has 4 rings (SSSR count). The number of benzene rings is 3. The molecule has 2 N–H and O–H groups in total. The van der Waals surface area contributed by atoms with E-state index in [0.717, 1.165) is 10.6 Å². The van der Waals surface area contributed by atoms with Gasteiger partial charge in [-0.3, -0.25) is 5.41 Å². The fourth-order valence-corrected chi connectivity index (χ4v) is 4.21. The molecule has 0 fully saturated rings. The van der Waals surface area contributed by atoms with Crippen molar-refractivity contribution < 1.29 is 22.7 Å². The van der Waals surface area contributed by atoms with Gasteiger partial charge in [-0.1, -0.05) is 66.2 Å². The Morgan fingerprint density at radius 3 is 2.32 bits per heavy atom. The molecule has 0 spiro atoms. The summed E-state index contributed by atoms with van der Waals surface area (Å²) in [6.07, 6.45) is -4.16. The zero-order valence-corrected chi connectivity index (χ0v) is 20.6. The van der Waals surface area contributed by atoms with E-state index in [1.165, 1.54) is 35.6 Å². The molecule has 37 heavy (non-hydrogen) atoms. The Morgan fingerprint density at radius 1 is 1.00 bits per heavy atom. The highest BCUT2D eigenvalue weighted by Crippen LogP contribution is 2.28. The van der Waals surface area contributed by atoms with Crippen LogP contribution in [0.25, 0.3) is 16.3 Å². The van der Waals surface area contributed by atoms with Crippen LogP contribution < -0.4 is 5.32 Å². The summed E-state index contributed by atoms with van der Waals surface area (Å²) in [7, 11) is 0. The molecule has 0 amide bonds. The zero-order valence-electron chi connectivity index (χ0n) is 19.1. The number of allylic oxidation sites excluding steroid dienone is 1. The normalized spacial score (nSPS) is 11.7. The molecule has 0 saturated heterocycles. The molecule has 3 aromatic carbocycles. The van der Waals surface area contributed by atoms with Gasteiger partial charge in [0.2, 0.25) is 0 Å². The molecule has 0 saturated carbocycles. The number of thiazole rings is 1. The third-order valence-electron chi connectivity index (χ3n) is 5.09. The Bertz CT molecular complexity index is 1440. The highest BCUT2D eigenvalue weighted by Gasteiger charge is 2.33. The second-order valence-electron chi connectivity index (χ2n) is 7.74. The van der Waals surface area contributed by atoms with E-state index in [1.54, 1.807) is 24.3 Å². The van der Waals surface area contributed by atoms with Crippen molar-refractivity contribution in [3.63, 3.8) is 0 Å². The number of ether oxygens (including phenoxy) is 1. The molecule has 0 aliphatic rings. The van der Waals surface area contributed by atoms with E-state index in [1.807, 2.05) is 35.7 Å². The third kappa shape index (κ3) is 6.84. The number of carbonyl (C=O) groups is 1. The minimum absolute atomic E-state index is 0.00810. The lowest BCUT2D eigenvalue weighted by molar-refractivity contribution is -0.0583. The minimum Gasteiger partial charge on any atom is -0.456 e. The van der Waals surface area contributed by atoms with Crippen LogP contribution >= 0.6 is 22.9 Å². The van der Waals surface area contributed by atoms with Gasteiger partial charge < -0.3 is 10.1 Å². The van der Waals surface area contributed by atoms with E-state index in [-0.39, 0.29) is 17.9 Å². The number of esters is 1. The number of halogens is 4. The third-order valence-corrected chi connectivity index (χ3v) is 6.36. The molecule has 0 atom stereocenters. The van der Waals surface area contributed by atoms with Crippen molar-refractivity contribution in [2.45, 2.75) is 12.8 Å². The second kappa shape index (κ2) is 11.4. The fraction of sp³-hybridized carbons (Fsp3) is 0.0741. The molecule has 0 bridgehead atoms. The number of anilines is 1. The van der Waals surface area contributed by atoms with Gasteiger partial charge >= 0.3 is 12.1 Å². The number of para-hydroxylation sites is 1. The van der Waals surface area contributed by atoms with Gasteiger partial charge in [0.05, 0.1) is 22.0 Å². The standard InChI is InChI=1S/C27H19ClF3N3O2S/c28-21-8-4-5-9-22(21)34-23(14-24(32)27(29,30)31)17-10-12-19(13-11-17)26(35)36-15-20-16-37-25(33-20)18-6-2-1-3-7-18/h1-14,16,32,34H,15H2/b23-14-,32-24?. The Morgan fingerprint density at radius 2 is 1.65 bits per heavy atom. The van der Waals surface area contributed by atoms with E-state index in [9.17, 15) is 18.0 Å². The van der Waals surface area contributed by atoms with Crippen molar-refractivity contribution >= 4 is 46.0 Å². The second-order valence-corrected chi connectivity index (χ2v) is 9.00. The molecule has 0 aliphatic heterocycles. The lowest BCUT2D eigenvalue weighted by Gasteiger charge is -2.14. The highest BCUT2D eigenvalue weighted by molar-refractivity contribution is 7.13. The maximum Gasteiger partial charge on any atom is 0.432 e. The topological polar surface area (TPSA) is 75.1 Å². The summed E-state index contributed by atoms with van der Waals surface area (Å²) in [5.41, 5.74) is 0.923. The number of aromatic nitrogens is 1. The predicted molar refractivity (Wildman–Crippen MR) is 140 cm³/mol. The molecule has 10 heteroatoms. The van der Waals surface area contributed by atoms with Crippen molar-refractivity contribution in [2.75, 3.05) is 5.32 Å². The smallest absolute Gasteiger partial charge is 0.432 e. The quantitative estimate of drug-likeness (QED) is 0.176. The molecule has 5 nitrogen and oxygen atoms in total. The number of carbonyl (C=O) groups excluding carboxylic acids is 1. The first-order valence-electron chi connectivity index (χ1n) is 10.9. The molecule has 0 radical (unpaired) electrons. The summed E-state index contributed by atoms with van der Waals surface area (Å²) in [6.45, 7) is -0.0219. The molecule has 0 aliphatic carbocycles. The Kier molecular flexibility index (Phi) is 8.05. The summed E-state index contributed by atoms with van der Waals surface area (Å²) in [5.74, 6) is -0.603. The summed E-state index contributed by atoms with van der Waals surface area (Å²) in [6, 6.07) is 22.0. The summed E-state index contributed by atoms with van der Waals surface area (Å²) in [5, 5.41) is 13.2. The SMILES string of the molecule is N=C(/C=C(\Nc1ccccc1Cl)c1ccc(C(=O)OCc2csc(-c3ccccc3)n2)cc1)C(F)(F)F. The molecular formula is C27H19ClF3N3O2S. The van der Waals surface area contributed by atoms with Gasteiger partial charge in [-0.2, -0.15) is 13.2 Å². The maximum atomic E-state index is 13.0. The van der Waals surface area contributed by atoms with Crippen molar-refractivity contribution in [3.8, 4) is 10.6 Å². The summed E-state index contributed by atoms with van der Waals surface area (Å²) >= 11 is 7.58. The first kappa shape index (κ1) is 26.1. The van der Waals surface area contributed by atoms with Crippen LogP contribution in [0.15, 0.2) is 90.3 Å². The van der Waals surface area contributed by atoms with Gasteiger partial charge in [-0.25, -0.2) is 9.78 Å². The number of nitrogens with one attached hydrogen (secondary N) is 2. The van der Waals surface area contributed by atoms with Crippen LogP contribution in [-0.2, 0) is 11.3 Å². The van der Waals surface area contributed by atoms with Crippen molar-refractivity contribution in [1.29, 1.82) is 5.41 Å². The lowest BCUT2D eigenvalue weighted by atomic mass is 10.1. The van der Waals surface area contributed by atoms with E-state index < -0.39 is 17.9 Å². The largest absolute Gasteiger partial charge is 0.456 e. The number of rotatable bonds is 8. The molecule has 0 unspecified atom stereocenters. The van der Waals surface area contributed by atoms with Gasteiger partial charge in [-0.15, -0.1) is 11.3 Å². The molecule has 1 aromatic heterocycles. The Balaban J connectivity index is 1.47. The van der Waals surface area contributed by atoms with Crippen LogP contribution in [-0.4, -0.2) is 22.8 Å². The Hall–Kier alpha value is -3.95. The van der Waals surface area contributed by atoms with Gasteiger partial charge in [0.25, 0.3) is 0 Å².